The standard InChI is InChI=1S/C15H17NO2S/c1-10(2)18-13-6-3-11(4-7-13)14-8-5-12(9-19)15(17)16-14/h3-8,10,19H,9H2,1-2H3,(H,16,17). The van der Waals surface area contributed by atoms with Crippen LogP contribution in [0.15, 0.2) is 41.2 Å². The van der Waals surface area contributed by atoms with Gasteiger partial charge < -0.3 is 9.72 Å². The van der Waals surface area contributed by atoms with Crippen LogP contribution in [0.4, 0.5) is 0 Å². The minimum Gasteiger partial charge on any atom is -0.491 e. The fraction of sp³-hybridized carbons (Fsp3) is 0.267. The quantitative estimate of drug-likeness (QED) is 0.841. The molecule has 0 spiro atoms. The van der Waals surface area contributed by atoms with Crippen molar-refractivity contribution >= 4 is 12.6 Å². The summed E-state index contributed by atoms with van der Waals surface area (Å²) in [5.74, 6) is 1.27. The Bertz CT molecular complexity index is 602. The molecular formula is C15H17NO2S. The van der Waals surface area contributed by atoms with Crippen molar-refractivity contribution in [3.63, 3.8) is 0 Å². The fourth-order valence-electron chi connectivity index (χ4n) is 1.78. The Hall–Kier alpha value is -1.68. The van der Waals surface area contributed by atoms with E-state index in [0.717, 1.165) is 17.0 Å². The molecule has 1 N–H and O–H groups in total. The maximum absolute atomic E-state index is 11.7. The molecule has 4 heteroatoms. The summed E-state index contributed by atoms with van der Waals surface area (Å²) < 4.78 is 5.58. The second-order valence-corrected chi connectivity index (χ2v) is 4.89. The molecule has 1 aromatic heterocycles. The van der Waals surface area contributed by atoms with Crippen LogP contribution in [0.3, 0.4) is 0 Å². The number of ether oxygens (including phenoxy) is 1. The van der Waals surface area contributed by atoms with Gasteiger partial charge in [0.2, 0.25) is 0 Å². The highest BCUT2D eigenvalue weighted by molar-refractivity contribution is 7.79. The van der Waals surface area contributed by atoms with Crippen molar-refractivity contribution in [1.29, 1.82) is 0 Å². The van der Waals surface area contributed by atoms with Crippen LogP contribution in [0.5, 0.6) is 5.75 Å². The summed E-state index contributed by atoms with van der Waals surface area (Å²) in [7, 11) is 0. The van der Waals surface area contributed by atoms with Gasteiger partial charge in [0, 0.05) is 17.0 Å². The minimum atomic E-state index is -0.0880. The normalized spacial score (nSPS) is 10.7. The van der Waals surface area contributed by atoms with Crippen molar-refractivity contribution in [2.45, 2.75) is 25.7 Å². The Balaban J connectivity index is 2.27. The zero-order chi connectivity index (χ0) is 13.8. The summed E-state index contributed by atoms with van der Waals surface area (Å²) in [5, 5.41) is 0. The van der Waals surface area contributed by atoms with Crippen LogP contribution < -0.4 is 10.3 Å². The van der Waals surface area contributed by atoms with E-state index in [2.05, 4.69) is 17.6 Å². The number of aromatic nitrogens is 1. The zero-order valence-electron chi connectivity index (χ0n) is 11.0. The third-order valence-electron chi connectivity index (χ3n) is 2.70. The Morgan fingerprint density at radius 2 is 1.84 bits per heavy atom. The number of benzene rings is 1. The van der Waals surface area contributed by atoms with Gasteiger partial charge in [0.15, 0.2) is 0 Å². The Labute approximate surface area is 118 Å². The number of H-pyrrole nitrogens is 1. The van der Waals surface area contributed by atoms with E-state index in [-0.39, 0.29) is 11.7 Å². The highest BCUT2D eigenvalue weighted by Gasteiger charge is 2.03. The number of rotatable bonds is 4. The summed E-state index contributed by atoms with van der Waals surface area (Å²) in [6.45, 7) is 3.98. The first-order valence-electron chi connectivity index (χ1n) is 6.20. The molecule has 3 nitrogen and oxygen atoms in total. The molecule has 0 aliphatic carbocycles. The predicted molar refractivity (Wildman–Crippen MR) is 81.0 cm³/mol. The lowest BCUT2D eigenvalue weighted by atomic mass is 10.1. The average molecular weight is 275 g/mol. The van der Waals surface area contributed by atoms with E-state index >= 15 is 0 Å². The molecule has 0 radical (unpaired) electrons. The van der Waals surface area contributed by atoms with Crippen LogP contribution >= 0.6 is 12.6 Å². The molecule has 1 heterocycles. The van der Waals surface area contributed by atoms with Crippen LogP contribution in [0.1, 0.15) is 19.4 Å². The van der Waals surface area contributed by atoms with E-state index in [1.807, 2.05) is 44.2 Å². The maximum atomic E-state index is 11.7. The number of pyridine rings is 1. The molecule has 0 saturated carbocycles. The maximum Gasteiger partial charge on any atom is 0.252 e. The van der Waals surface area contributed by atoms with Gasteiger partial charge in [-0.15, -0.1) is 0 Å². The van der Waals surface area contributed by atoms with Crippen molar-refractivity contribution in [2.75, 3.05) is 0 Å². The third-order valence-corrected chi connectivity index (χ3v) is 3.04. The van der Waals surface area contributed by atoms with E-state index in [4.69, 9.17) is 4.74 Å². The second kappa shape index (κ2) is 5.97. The highest BCUT2D eigenvalue weighted by atomic mass is 32.1. The molecule has 0 aliphatic heterocycles. The molecule has 0 bridgehead atoms. The summed E-state index contributed by atoms with van der Waals surface area (Å²) >= 11 is 4.11. The van der Waals surface area contributed by atoms with Crippen LogP contribution in [0.25, 0.3) is 11.3 Å². The van der Waals surface area contributed by atoms with Crippen molar-refractivity contribution < 1.29 is 4.74 Å². The number of nitrogens with one attached hydrogen (secondary N) is 1. The molecule has 0 atom stereocenters. The van der Waals surface area contributed by atoms with E-state index in [9.17, 15) is 4.79 Å². The van der Waals surface area contributed by atoms with Gasteiger partial charge in [-0.2, -0.15) is 12.6 Å². The summed E-state index contributed by atoms with van der Waals surface area (Å²) in [5.41, 5.74) is 2.34. The molecule has 0 unspecified atom stereocenters. The lowest BCUT2D eigenvalue weighted by Gasteiger charge is -2.10. The highest BCUT2D eigenvalue weighted by Crippen LogP contribution is 2.20. The molecule has 0 saturated heterocycles. The van der Waals surface area contributed by atoms with Crippen LogP contribution in [0.2, 0.25) is 0 Å². The molecule has 2 aromatic rings. The second-order valence-electron chi connectivity index (χ2n) is 4.58. The molecule has 0 aliphatic rings. The monoisotopic (exact) mass is 275 g/mol. The molecular weight excluding hydrogens is 258 g/mol. The zero-order valence-corrected chi connectivity index (χ0v) is 11.9. The topological polar surface area (TPSA) is 42.1 Å². The van der Waals surface area contributed by atoms with Gasteiger partial charge in [-0.05, 0) is 49.7 Å². The number of hydrogen-bond donors (Lipinski definition) is 2. The van der Waals surface area contributed by atoms with Crippen molar-refractivity contribution in [2.24, 2.45) is 0 Å². The van der Waals surface area contributed by atoms with Crippen LogP contribution in [0, 0.1) is 0 Å². The first-order valence-corrected chi connectivity index (χ1v) is 6.83. The van der Waals surface area contributed by atoms with Gasteiger partial charge in [-0.1, -0.05) is 6.07 Å². The third kappa shape index (κ3) is 3.41. The van der Waals surface area contributed by atoms with E-state index < -0.39 is 0 Å². The molecule has 1 aromatic carbocycles. The molecule has 0 amide bonds. The lowest BCUT2D eigenvalue weighted by Crippen LogP contribution is -2.11. The van der Waals surface area contributed by atoms with E-state index in [1.165, 1.54) is 0 Å². The van der Waals surface area contributed by atoms with E-state index in [0.29, 0.717) is 11.3 Å². The fourth-order valence-corrected chi connectivity index (χ4v) is 2.03. The Morgan fingerprint density at radius 3 is 2.37 bits per heavy atom. The molecule has 2 rings (SSSR count). The van der Waals surface area contributed by atoms with Crippen molar-refractivity contribution in [3.05, 3.63) is 52.3 Å². The van der Waals surface area contributed by atoms with Crippen molar-refractivity contribution in [1.82, 2.24) is 4.98 Å². The Kier molecular flexibility index (Phi) is 4.32. The van der Waals surface area contributed by atoms with Gasteiger partial charge in [-0.3, -0.25) is 4.79 Å². The summed E-state index contributed by atoms with van der Waals surface area (Å²) in [4.78, 5) is 14.6. The van der Waals surface area contributed by atoms with Crippen molar-refractivity contribution in [3.8, 4) is 17.0 Å². The predicted octanol–water partition coefficient (Wildman–Crippen LogP) is 3.26. The number of thiol groups is 1. The van der Waals surface area contributed by atoms with Gasteiger partial charge in [-0.25, -0.2) is 0 Å². The SMILES string of the molecule is CC(C)Oc1ccc(-c2ccc(CS)c(=O)[nH]2)cc1. The first kappa shape index (κ1) is 13.7. The molecule has 100 valence electrons. The largest absolute Gasteiger partial charge is 0.491 e. The van der Waals surface area contributed by atoms with Gasteiger partial charge in [0.05, 0.1) is 6.10 Å². The number of hydrogen-bond acceptors (Lipinski definition) is 3. The summed E-state index contributed by atoms with van der Waals surface area (Å²) in [6.07, 6.45) is 0.153. The lowest BCUT2D eigenvalue weighted by molar-refractivity contribution is 0.242. The van der Waals surface area contributed by atoms with Gasteiger partial charge >= 0.3 is 0 Å². The summed E-state index contributed by atoms with van der Waals surface area (Å²) in [6, 6.07) is 11.4. The van der Waals surface area contributed by atoms with Crippen LogP contribution in [-0.4, -0.2) is 11.1 Å². The minimum absolute atomic E-state index is 0.0880. The Morgan fingerprint density at radius 1 is 1.16 bits per heavy atom. The van der Waals surface area contributed by atoms with Gasteiger partial charge in [0.1, 0.15) is 5.75 Å². The molecule has 0 fully saturated rings. The van der Waals surface area contributed by atoms with Crippen LogP contribution in [-0.2, 0) is 5.75 Å². The smallest absolute Gasteiger partial charge is 0.252 e. The van der Waals surface area contributed by atoms with E-state index in [1.54, 1.807) is 6.07 Å². The first-order chi connectivity index (χ1) is 9.10. The average Bonchev–Trinajstić information content (AvgIpc) is 2.39. The number of aromatic amines is 1. The molecule has 19 heavy (non-hydrogen) atoms. The van der Waals surface area contributed by atoms with Gasteiger partial charge in [0.25, 0.3) is 5.56 Å².